The van der Waals surface area contributed by atoms with E-state index in [9.17, 15) is 0 Å². The average Bonchev–Trinajstić information content (AvgIpc) is 2.46. The quantitative estimate of drug-likeness (QED) is 0.589. The zero-order valence-electron chi connectivity index (χ0n) is 11.8. The Balaban J connectivity index is 2.35. The summed E-state index contributed by atoms with van der Waals surface area (Å²) in [4.78, 5) is 10.9. The van der Waals surface area contributed by atoms with Gasteiger partial charge in [-0.15, -0.1) is 0 Å². The molecule has 0 aromatic carbocycles. The second-order valence-electron chi connectivity index (χ2n) is 4.61. The van der Waals surface area contributed by atoms with E-state index < -0.39 is 0 Å². The average molecular weight is 352 g/mol. The van der Waals surface area contributed by atoms with Crippen LogP contribution in [0.25, 0.3) is 11.0 Å². The van der Waals surface area contributed by atoms with Crippen LogP contribution in [0.15, 0.2) is 29.0 Å². The van der Waals surface area contributed by atoms with Gasteiger partial charge in [0, 0.05) is 43.5 Å². The number of hydrogen-bond acceptors (Lipinski definition) is 5. The molecule has 112 valence electrons. The molecule has 0 bridgehead atoms. The summed E-state index contributed by atoms with van der Waals surface area (Å²) < 4.78 is 6.06. The molecule has 0 fully saturated rings. The Kier molecular flexibility index (Phi) is 5.46. The summed E-state index contributed by atoms with van der Waals surface area (Å²) in [7, 11) is 1.67. The first kappa shape index (κ1) is 15.7. The van der Waals surface area contributed by atoms with Gasteiger partial charge >= 0.3 is 0 Å². The third-order valence-corrected chi connectivity index (χ3v) is 3.51. The lowest BCUT2D eigenvalue weighted by molar-refractivity contribution is 0.205. The molecule has 2 aromatic heterocycles. The van der Waals surface area contributed by atoms with Crippen molar-refractivity contribution >= 4 is 38.5 Å². The first-order chi connectivity index (χ1) is 10.1. The SMILES string of the molecule is COCCN(CCC(=N)N)c1ccnc2cc(Br)cnc12. The maximum Gasteiger partial charge on any atom is 0.112 e. The van der Waals surface area contributed by atoms with Crippen molar-refractivity contribution in [3.05, 3.63) is 29.0 Å². The molecule has 2 heterocycles. The summed E-state index contributed by atoms with van der Waals surface area (Å²) in [5, 5.41) is 7.40. The fourth-order valence-corrected chi connectivity index (χ4v) is 2.38. The van der Waals surface area contributed by atoms with Crippen LogP contribution >= 0.6 is 15.9 Å². The van der Waals surface area contributed by atoms with Crippen LogP contribution in [0.2, 0.25) is 0 Å². The van der Waals surface area contributed by atoms with Gasteiger partial charge in [0.1, 0.15) is 5.52 Å². The highest BCUT2D eigenvalue weighted by molar-refractivity contribution is 9.10. The van der Waals surface area contributed by atoms with Crippen LogP contribution in [0.5, 0.6) is 0 Å². The lowest BCUT2D eigenvalue weighted by atomic mass is 10.2. The fraction of sp³-hybridized carbons (Fsp3) is 0.357. The summed E-state index contributed by atoms with van der Waals surface area (Å²) in [5.41, 5.74) is 8.11. The maximum atomic E-state index is 7.40. The van der Waals surface area contributed by atoms with E-state index in [1.165, 1.54) is 0 Å². The molecule has 0 aliphatic carbocycles. The monoisotopic (exact) mass is 351 g/mol. The smallest absolute Gasteiger partial charge is 0.112 e. The molecular formula is C14H18BrN5O. The van der Waals surface area contributed by atoms with Crippen molar-refractivity contribution in [1.29, 1.82) is 5.41 Å². The summed E-state index contributed by atoms with van der Waals surface area (Å²) in [6.45, 7) is 1.95. The van der Waals surface area contributed by atoms with Gasteiger partial charge in [-0.3, -0.25) is 15.4 Å². The van der Waals surface area contributed by atoms with Crippen molar-refractivity contribution in [2.75, 3.05) is 31.7 Å². The van der Waals surface area contributed by atoms with Gasteiger partial charge in [-0.2, -0.15) is 0 Å². The van der Waals surface area contributed by atoms with E-state index in [1.807, 2.05) is 12.1 Å². The van der Waals surface area contributed by atoms with Crippen LogP contribution < -0.4 is 10.6 Å². The number of nitrogens with one attached hydrogen (secondary N) is 1. The lowest BCUT2D eigenvalue weighted by Crippen LogP contribution is -2.31. The van der Waals surface area contributed by atoms with E-state index >= 15 is 0 Å². The van der Waals surface area contributed by atoms with Crippen molar-refractivity contribution in [3.63, 3.8) is 0 Å². The van der Waals surface area contributed by atoms with Gasteiger partial charge in [-0.1, -0.05) is 0 Å². The molecule has 2 rings (SSSR count). The van der Waals surface area contributed by atoms with E-state index in [2.05, 4.69) is 30.8 Å². The molecule has 0 spiro atoms. The first-order valence-corrected chi connectivity index (χ1v) is 7.38. The van der Waals surface area contributed by atoms with Crippen LogP contribution in [0.4, 0.5) is 5.69 Å². The van der Waals surface area contributed by atoms with E-state index in [0.29, 0.717) is 26.1 Å². The van der Waals surface area contributed by atoms with Crippen LogP contribution in [-0.4, -0.2) is 42.6 Å². The van der Waals surface area contributed by atoms with Crippen LogP contribution in [0.1, 0.15) is 6.42 Å². The first-order valence-electron chi connectivity index (χ1n) is 6.59. The third-order valence-electron chi connectivity index (χ3n) is 3.08. The number of hydrogen-bond donors (Lipinski definition) is 2. The molecule has 0 saturated heterocycles. The predicted molar refractivity (Wildman–Crippen MR) is 87.9 cm³/mol. The van der Waals surface area contributed by atoms with Crippen molar-refractivity contribution in [2.45, 2.75) is 6.42 Å². The molecule has 0 radical (unpaired) electrons. The van der Waals surface area contributed by atoms with E-state index in [1.54, 1.807) is 19.5 Å². The van der Waals surface area contributed by atoms with Gasteiger partial charge in [0.05, 0.1) is 23.6 Å². The number of amidine groups is 1. The Morgan fingerprint density at radius 2 is 2.24 bits per heavy atom. The Labute approximate surface area is 132 Å². The largest absolute Gasteiger partial charge is 0.388 e. The molecule has 21 heavy (non-hydrogen) atoms. The molecule has 2 aromatic rings. The van der Waals surface area contributed by atoms with Gasteiger partial charge in [-0.25, -0.2) is 0 Å². The minimum Gasteiger partial charge on any atom is -0.388 e. The minimum absolute atomic E-state index is 0.173. The highest BCUT2D eigenvalue weighted by Crippen LogP contribution is 2.25. The molecule has 0 atom stereocenters. The Bertz CT molecular complexity index is 634. The standard InChI is InChI=1S/C14H18BrN5O/c1-21-7-6-20(5-3-13(16)17)12-2-4-18-11-8-10(15)9-19-14(11)12/h2,4,8-9H,3,5-7H2,1H3,(H3,16,17). The highest BCUT2D eigenvalue weighted by Gasteiger charge is 2.12. The molecular weight excluding hydrogens is 334 g/mol. The summed E-state index contributed by atoms with van der Waals surface area (Å²) in [6.07, 6.45) is 4.02. The van der Waals surface area contributed by atoms with Crippen molar-refractivity contribution in [2.24, 2.45) is 5.73 Å². The van der Waals surface area contributed by atoms with Gasteiger partial charge < -0.3 is 15.4 Å². The van der Waals surface area contributed by atoms with Gasteiger partial charge in [-0.05, 0) is 28.1 Å². The topological polar surface area (TPSA) is 88.1 Å². The molecule has 6 nitrogen and oxygen atoms in total. The second kappa shape index (κ2) is 7.33. The summed E-state index contributed by atoms with van der Waals surface area (Å²) in [6, 6.07) is 3.87. The van der Waals surface area contributed by atoms with Gasteiger partial charge in [0.15, 0.2) is 0 Å². The number of methoxy groups -OCH3 is 1. The zero-order valence-corrected chi connectivity index (χ0v) is 13.4. The molecule has 0 aliphatic heterocycles. The molecule has 0 unspecified atom stereocenters. The number of rotatable bonds is 7. The van der Waals surface area contributed by atoms with Crippen molar-refractivity contribution < 1.29 is 4.74 Å². The van der Waals surface area contributed by atoms with Crippen molar-refractivity contribution in [1.82, 2.24) is 9.97 Å². The maximum absolute atomic E-state index is 7.40. The summed E-state index contributed by atoms with van der Waals surface area (Å²) in [5.74, 6) is 0.173. The molecule has 0 amide bonds. The third kappa shape index (κ3) is 4.12. The predicted octanol–water partition coefficient (Wildman–Crippen LogP) is 2.17. The number of fused-ring (bicyclic) bond motifs is 1. The lowest BCUT2D eigenvalue weighted by Gasteiger charge is -2.25. The zero-order chi connectivity index (χ0) is 15.2. The molecule has 7 heteroatoms. The summed E-state index contributed by atoms with van der Waals surface area (Å²) >= 11 is 3.40. The number of pyridine rings is 2. The Hall–Kier alpha value is -1.73. The van der Waals surface area contributed by atoms with E-state index in [0.717, 1.165) is 21.2 Å². The number of anilines is 1. The number of halogens is 1. The second-order valence-corrected chi connectivity index (χ2v) is 5.52. The molecule has 0 saturated carbocycles. The Morgan fingerprint density at radius 1 is 1.43 bits per heavy atom. The highest BCUT2D eigenvalue weighted by atomic mass is 79.9. The Morgan fingerprint density at radius 3 is 2.95 bits per heavy atom. The van der Waals surface area contributed by atoms with Crippen LogP contribution in [0.3, 0.4) is 0 Å². The van der Waals surface area contributed by atoms with Crippen molar-refractivity contribution in [3.8, 4) is 0 Å². The van der Waals surface area contributed by atoms with E-state index in [-0.39, 0.29) is 5.84 Å². The van der Waals surface area contributed by atoms with Gasteiger partial charge in [0.2, 0.25) is 0 Å². The number of aromatic nitrogens is 2. The molecule has 0 aliphatic rings. The number of nitrogens with zero attached hydrogens (tertiary/aromatic N) is 3. The normalized spacial score (nSPS) is 10.8. The number of ether oxygens (including phenoxy) is 1. The van der Waals surface area contributed by atoms with Crippen LogP contribution in [-0.2, 0) is 4.74 Å². The van der Waals surface area contributed by atoms with E-state index in [4.69, 9.17) is 15.9 Å². The molecule has 3 N–H and O–H groups in total. The van der Waals surface area contributed by atoms with Crippen LogP contribution in [0, 0.1) is 5.41 Å². The number of nitrogens with two attached hydrogens (primary N) is 1. The minimum atomic E-state index is 0.173. The fourth-order valence-electron chi connectivity index (χ4n) is 2.06. The van der Waals surface area contributed by atoms with Gasteiger partial charge in [0.25, 0.3) is 0 Å².